The quantitative estimate of drug-likeness (QED) is 0.900. The molecule has 18 heavy (non-hydrogen) atoms. The molecule has 6 heteroatoms. The number of aliphatic hydroxyl groups excluding tert-OH is 1. The number of sulfonamides is 1. The fourth-order valence-electron chi connectivity index (χ4n) is 2.38. The van der Waals surface area contributed by atoms with Gasteiger partial charge in [-0.05, 0) is 48.3 Å². The van der Waals surface area contributed by atoms with Crippen LogP contribution in [0.15, 0.2) is 33.6 Å². The van der Waals surface area contributed by atoms with Crippen LogP contribution in [0.3, 0.4) is 0 Å². The van der Waals surface area contributed by atoms with Gasteiger partial charge in [0.25, 0.3) is 0 Å². The fourth-order valence-corrected chi connectivity index (χ4v) is 5.17. The van der Waals surface area contributed by atoms with Crippen molar-refractivity contribution in [2.24, 2.45) is 0 Å². The average Bonchev–Trinajstić information content (AvgIpc) is 2.53. The Balaban J connectivity index is 2.48. The highest BCUT2D eigenvalue weighted by Crippen LogP contribution is 2.36. The number of hydrogen-bond acceptors (Lipinski definition) is 3. The monoisotopic (exact) mass is 333 g/mol. The summed E-state index contributed by atoms with van der Waals surface area (Å²) in [5.41, 5.74) is -0.562. The topological polar surface area (TPSA) is 57.6 Å². The smallest absolute Gasteiger partial charge is 0.244 e. The normalized spacial score (nSPS) is 24.3. The van der Waals surface area contributed by atoms with Gasteiger partial charge in [0.1, 0.15) is 0 Å². The van der Waals surface area contributed by atoms with E-state index in [2.05, 4.69) is 15.9 Å². The second-order valence-corrected chi connectivity index (χ2v) is 7.82. The van der Waals surface area contributed by atoms with Crippen LogP contribution in [0.25, 0.3) is 0 Å². The molecule has 1 saturated heterocycles. The lowest BCUT2D eigenvalue weighted by molar-refractivity contribution is 0.187. The van der Waals surface area contributed by atoms with Crippen LogP contribution in [-0.2, 0) is 10.0 Å². The predicted molar refractivity (Wildman–Crippen MR) is 72.7 cm³/mol. The third-order valence-corrected chi connectivity index (χ3v) is 6.28. The minimum atomic E-state index is -3.58. The molecule has 0 aromatic heterocycles. The van der Waals surface area contributed by atoms with Crippen LogP contribution in [0.2, 0.25) is 0 Å². The van der Waals surface area contributed by atoms with E-state index in [0.29, 0.717) is 10.9 Å². The SMILES string of the molecule is CC1(C)CC(O)CN1S(=O)(=O)c1ccccc1Br. The van der Waals surface area contributed by atoms with Crippen LogP contribution in [0.4, 0.5) is 0 Å². The lowest BCUT2D eigenvalue weighted by atomic mass is 10.0. The summed E-state index contributed by atoms with van der Waals surface area (Å²) in [7, 11) is -3.58. The van der Waals surface area contributed by atoms with Gasteiger partial charge in [0, 0.05) is 16.6 Å². The lowest BCUT2D eigenvalue weighted by Crippen LogP contribution is -2.42. The lowest BCUT2D eigenvalue weighted by Gasteiger charge is -2.30. The summed E-state index contributed by atoms with van der Waals surface area (Å²) in [6.07, 6.45) is -0.145. The van der Waals surface area contributed by atoms with Gasteiger partial charge in [0.15, 0.2) is 0 Å². The summed E-state index contributed by atoms with van der Waals surface area (Å²) in [5.74, 6) is 0. The molecule has 0 amide bonds. The van der Waals surface area contributed by atoms with Crippen molar-refractivity contribution in [3.8, 4) is 0 Å². The summed E-state index contributed by atoms with van der Waals surface area (Å²) in [6.45, 7) is 3.81. The zero-order chi connectivity index (χ0) is 13.6. The van der Waals surface area contributed by atoms with Crippen LogP contribution < -0.4 is 0 Å². The summed E-state index contributed by atoms with van der Waals surface area (Å²) in [6, 6.07) is 6.73. The van der Waals surface area contributed by atoms with Crippen molar-refractivity contribution in [1.29, 1.82) is 0 Å². The molecule has 0 spiro atoms. The first-order valence-corrected chi connectivity index (χ1v) is 7.94. The molecule has 1 N–H and O–H groups in total. The predicted octanol–water partition coefficient (Wildman–Crippen LogP) is 1.98. The molecule has 100 valence electrons. The maximum Gasteiger partial charge on any atom is 0.244 e. The molecule has 1 heterocycles. The minimum Gasteiger partial charge on any atom is -0.392 e. The van der Waals surface area contributed by atoms with Crippen molar-refractivity contribution in [3.63, 3.8) is 0 Å². The number of β-amino-alcohol motifs (C(OH)–C–C–N with tert-alkyl or cyclic N) is 1. The van der Waals surface area contributed by atoms with Gasteiger partial charge < -0.3 is 5.11 Å². The summed E-state index contributed by atoms with van der Waals surface area (Å²) >= 11 is 3.26. The van der Waals surface area contributed by atoms with Crippen LogP contribution in [0.5, 0.6) is 0 Å². The molecule has 1 aromatic rings. The fraction of sp³-hybridized carbons (Fsp3) is 0.500. The van der Waals surface area contributed by atoms with Gasteiger partial charge in [0.2, 0.25) is 10.0 Å². The molecule has 0 radical (unpaired) electrons. The van der Waals surface area contributed by atoms with E-state index in [-0.39, 0.29) is 11.4 Å². The zero-order valence-electron chi connectivity index (χ0n) is 10.3. The number of benzene rings is 1. The maximum atomic E-state index is 12.6. The summed E-state index contributed by atoms with van der Waals surface area (Å²) in [5, 5.41) is 9.70. The number of halogens is 1. The van der Waals surface area contributed by atoms with Gasteiger partial charge in [-0.15, -0.1) is 0 Å². The van der Waals surface area contributed by atoms with E-state index < -0.39 is 21.7 Å². The second kappa shape index (κ2) is 4.59. The van der Waals surface area contributed by atoms with E-state index in [1.165, 1.54) is 4.31 Å². The number of aliphatic hydroxyl groups is 1. The molecular formula is C12H16BrNO3S. The van der Waals surface area contributed by atoms with E-state index in [9.17, 15) is 13.5 Å². The van der Waals surface area contributed by atoms with Gasteiger partial charge in [-0.2, -0.15) is 4.31 Å². The Hall–Kier alpha value is -0.430. The van der Waals surface area contributed by atoms with Crippen molar-refractivity contribution in [3.05, 3.63) is 28.7 Å². The van der Waals surface area contributed by atoms with Crippen molar-refractivity contribution in [2.45, 2.75) is 36.8 Å². The molecule has 1 aliphatic heterocycles. The number of hydrogen-bond donors (Lipinski definition) is 1. The van der Waals surface area contributed by atoms with Crippen molar-refractivity contribution >= 4 is 26.0 Å². The summed E-state index contributed by atoms with van der Waals surface area (Å²) in [4.78, 5) is 0.243. The third-order valence-electron chi connectivity index (χ3n) is 3.19. The van der Waals surface area contributed by atoms with Gasteiger partial charge in [-0.25, -0.2) is 8.42 Å². The average molecular weight is 334 g/mol. The van der Waals surface area contributed by atoms with E-state index in [1.54, 1.807) is 24.3 Å². The van der Waals surface area contributed by atoms with Gasteiger partial charge in [0.05, 0.1) is 11.0 Å². The van der Waals surface area contributed by atoms with Crippen molar-refractivity contribution < 1.29 is 13.5 Å². The number of rotatable bonds is 2. The first-order chi connectivity index (χ1) is 8.25. The molecule has 4 nitrogen and oxygen atoms in total. The highest BCUT2D eigenvalue weighted by atomic mass is 79.9. The molecular weight excluding hydrogens is 318 g/mol. The maximum absolute atomic E-state index is 12.6. The Labute approximate surface area is 116 Å². The molecule has 1 aromatic carbocycles. The van der Waals surface area contributed by atoms with E-state index >= 15 is 0 Å². The molecule has 1 fully saturated rings. The number of nitrogens with zero attached hydrogens (tertiary/aromatic N) is 1. The summed E-state index contributed by atoms with van der Waals surface area (Å²) < 4.78 is 27.1. The standard InChI is InChI=1S/C12H16BrNO3S/c1-12(2)7-9(15)8-14(12)18(16,17)11-6-4-3-5-10(11)13/h3-6,9,15H,7-8H2,1-2H3. The molecule has 0 saturated carbocycles. The Morgan fingerprint density at radius 2 is 2.00 bits per heavy atom. The molecule has 2 rings (SSSR count). The van der Waals surface area contributed by atoms with Crippen LogP contribution in [0, 0.1) is 0 Å². The van der Waals surface area contributed by atoms with Crippen molar-refractivity contribution in [1.82, 2.24) is 4.31 Å². The van der Waals surface area contributed by atoms with Gasteiger partial charge in [-0.3, -0.25) is 0 Å². The van der Waals surface area contributed by atoms with Crippen LogP contribution in [0.1, 0.15) is 20.3 Å². The highest BCUT2D eigenvalue weighted by molar-refractivity contribution is 9.10. The second-order valence-electron chi connectivity index (χ2n) is 5.14. The Kier molecular flexibility index (Phi) is 3.57. The van der Waals surface area contributed by atoms with Crippen molar-refractivity contribution in [2.75, 3.05) is 6.54 Å². The van der Waals surface area contributed by atoms with Gasteiger partial charge in [-0.1, -0.05) is 12.1 Å². The zero-order valence-corrected chi connectivity index (χ0v) is 12.7. The van der Waals surface area contributed by atoms with E-state index in [4.69, 9.17) is 0 Å². The third kappa shape index (κ3) is 2.34. The molecule has 0 aliphatic carbocycles. The Morgan fingerprint density at radius 1 is 1.39 bits per heavy atom. The first-order valence-electron chi connectivity index (χ1n) is 5.70. The van der Waals surface area contributed by atoms with Crippen LogP contribution >= 0.6 is 15.9 Å². The largest absolute Gasteiger partial charge is 0.392 e. The first kappa shape index (κ1) is 14.0. The molecule has 1 aliphatic rings. The van der Waals surface area contributed by atoms with Gasteiger partial charge >= 0.3 is 0 Å². The Bertz CT molecular complexity index is 556. The molecule has 1 unspecified atom stereocenters. The molecule has 0 bridgehead atoms. The van der Waals surface area contributed by atoms with E-state index in [0.717, 1.165) is 0 Å². The Morgan fingerprint density at radius 3 is 2.50 bits per heavy atom. The highest BCUT2D eigenvalue weighted by Gasteiger charge is 2.45. The van der Waals surface area contributed by atoms with E-state index in [1.807, 2.05) is 13.8 Å². The minimum absolute atomic E-state index is 0.149. The molecule has 1 atom stereocenters. The van der Waals surface area contributed by atoms with Crippen LogP contribution in [-0.4, -0.2) is 36.0 Å².